The zero-order chi connectivity index (χ0) is 12.6. The first-order valence-electron chi connectivity index (χ1n) is 4.62. The van der Waals surface area contributed by atoms with Gasteiger partial charge in [0.25, 0.3) is 0 Å². The normalized spacial score (nSPS) is 11.1. The molecular weight excluding hydrogens is 234 g/mol. The maximum Gasteiger partial charge on any atom is 0.336 e. The number of methoxy groups -OCH3 is 1. The van der Waals surface area contributed by atoms with Gasteiger partial charge >= 0.3 is 12.5 Å². The van der Waals surface area contributed by atoms with Gasteiger partial charge in [0, 0.05) is 0 Å². The second kappa shape index (κ2) is 4.00. The smallest absolute Gasteiger partial charge is 0.336 e. The number of carboxylic acids is 1. The molecule has 2 rings (SSSR count). The van der Waals surface area contributed by atoms with Crippen molar-refractivity contribution in [1.82, 2.24) is 9.78 Å². The van der Waals surface area contributed by atoms with Crippen LogP contribution in [0.15, 0.2) is 18.2 Å². The third kappa shape index (κ3) is 1.79. The first-order chi connectivity index (χ1) is 8.04. The van der Waals surface area contributed by atoms with Crippen molar-refractivity contribution in [2.75, 3.05) is 7.11 Å². The van der Waals surface area contributed by atoms with Gasteiger partial charge in [-0.15, -0.1) is 0 Å². The first kappa shape index (κ1) is 11.3. The summed E-state index contributed by atoms with van der Waals surface area (Å²) in [5.74, 6) is -1.29. The molecule has 0 amide bonds. The van der Waals surface area contributed by atoms with E-state index in [1.54, 1.807) is 0 Å². The minimum Gasteiger partial charge on any atom is -0.481 e. The topological polar surface area (TPSA) is 64.3 Å². The maximum atomic E-state index is 12.6. The predicted molar refractivity (Wildman–Crippen MR) is 54.5 cm³/mol. The van der Waals surface area contributed by atoms with E-state index in [2.05, 4.69) is 5.10 Å². The number of ether oxygens (including phenoxy) is 1. The molecule has 0 bridgehead atoms. The Morgan fingerprint density at radius 3 is 2.76 bits per heavy atom. The van der Waals surface area contributed by atoms with E-state index in [1.165, 1.54) is 25.3 Å². The van der Waals surface area contributed by atoms with Crippen molar-refractivity contribution < 1.29 is 23.4 Å². The van der Waals surface area contributed by atoms with E-state index in [1.807, 2.05) is 0 Å². The van der Waals surface area contributed by atoms with Crippen molar-refractivity contribution in [1.29, 1.82) is 0 Å². The third-order valence-corrected chi connectivity index (χ3v) is 2.28. The van der Waals surface area contributed by atoms with Crippen LogP contribution in [0.25, 0.3) is 10.9 Å². The van der Waals surface area contributed by atoms with Gasteiger partial charge in [-0.2, -0.15) is 18.6 Å². The second-order valence-corrected chi connectivity index (χ2v) is 3.27. The minimum atomic E-state index is -2.84. The summed E-state index contributed by atoms with van der Waals surface area (Å²) < 4.78 is 30.5. The molecule has 0 spiro atoms. The fourth-order valence-corrected chi connectivity index (χ4v) is 1.55. The molecular formula is C10H8F2N2O3. The Labute approximate surface area is 94.2 Å². The number of carbonyl (C=O) groups is 1. The van der Waals surface area contributed by atoms with Crippen LogP contribution in [-0.4, -0.2) is 28.0 Å². The molecule has 17 heavy (non-hydrogen) atoms. The molecule has 0 saturated carbocycles. The number of hydrogen-bond donors (Lipinski definition) is 1. The van der Waals surface area contributed by atoms with Gasteiger partial charge in [0.15, 0.2) is 0 Å². The lowest BCUT2D eigenvalue weighted by atomic mass is 10.1. The summed E-state index contributed by atoms with van der Waals surface area (Å²) in [6, 6.07) is 3.91. The maximum absolute atomic E-state index is 12.6. The van der Waals surface area contributed by atoms with Gasteiger partial charge < -0.3 is 9.84 Å². The Hall–Kier alpha value is -2.18. The molecule has 0 atom stereocenters. The minimum absolute atomic E-state index is 0.00961. The number of benzene rings is 1. The fraction of sp³-hybridized carbons (Fsp3) is 0.200. The van der Waals surface area contributed by atoms with E-state index >= 15 is 0 Å². The largest absolute Gasteiger partial charge is 0.481 e. The molecule has 0 aliphatic rings. The van der Waals surface area contributed by atoms with Gasteiger partial charge in [-0.3, -0.25) is 0 Å². The van der Waals surface area contributed by atoms with Crippen LogP contribution < -0.4 is 4.74 Å². The van der Waals surface area contributed by atoms with Crippen LogP contribution in [0.5, 0.6) is 5.88 Å². The lowest BCUT2D eigenvalue weighted by Crippen LogP contribution is -2.02. The van der Waals surface area contributed by atoms with E-state index < -0.39 is 12.5 Å². The quantitative estimate of drug-likeness (QED) is 0.895. The number of aromatic carboxylic acids is 1. The number of halogens is 2. The molecule has 1 N–H and O–H groups in total. The lowest BCUT2D eigenvalue weighted by molar-refractivity contribution is 0.0487. The van der Waals surface area contributed by atoms with E-state index in [9.17, 15) is 13.6 Å². The van der Waals surface area contributed by atoms with Crippen LogP contribution in [0.2, 0.25) is 0 Å². The summed E-state index contributed by atoms with van der Waals surface area (Å²) in [7, 11) is 1.22. The summed E-state index contributed by atoms with van der Waals surface area (Å²) in [5.41, 5.74) is 0.247. The lowest BCUT2D eigenvalue weighted by Gasteiger charge is -2.03. The van der Waals surface area contributed by atoms with E-state index in [-0.39, 0.29) is 22.3 Å². The SMILES string of the molecule is COc1c2cc(C(=O)O)ccc2nn1C(F)F. The Kier molecular flexibility index (Phi) is 2.66. The summed E-state index contributed by atoms with van der Waals surface area (Å²) in [5, 5.41) is 12.7. The average molecular weight is 242 g/mol. The second-order valence-electron chi connectivity index (χ2n) is 3.27. The van der Waals surface area contributed by atoms with Crippen LogP contribution >= 0.6 is 0 Å². The molecule has 90 valence electrons. The molecule has 0 unspecified atom stereocenters. The Morgan fingerprint density at radius 2 is 2.24 bits per heavy atom. The molecule has 1 heterocycles. The van der Waals surface area contributed by atoms with Crippen molar-refractivity contribution in [3.8, 4) is 5.88 Å². The van der Waals surface area contributed by atoms with Crippen molar-refractivity contribution in [3.63, 3.8) is 0 Å². The number of nitrogens with zero attached hydrogens (tertiary/aromatic N) is 2. The first-order valence-corrected chi connectivity index (χ1v) is 4.62. The molecule has 2 aromatic rings. The molecule has 5 nitrogen and oxygen atoms in total. The third-order valence-electron chi connectivity index (χ3n) is 2.28. The molecule has 0 aliphatic carbocycles. The van der Waals surface area contributed by atoms with Gasteiger partial charge in [-0.25, -0.2) is 4.79 Å². The molecule has 1 aromatic carbocycles. The Bertz CT molecular complexity index is 580. The average Bonchev–Trinajstić information content (AvgIpc) is 2.66. The standard InChI is InChI=1S/C10H8F2N2O3/c1-17-8-6-4-5(9(15)16)2-3-7(6)13-14(8)10(11)12/h2-4,10H,1H3,(H,15,16). The molecule has 0 saturated heterocycles. The van der Waals surface area contributed by atoms with Gasteiger partial charge in [-0.1, -0.05) is 0 Å². The van der Waals surface area contributed by atoms with Gasteiger partial charge in [0.2, 0.25) is 5.88 Å². The van der Waals surface area contributed by atoms with Crippen LogP contribution in [0.1, 0.15) is 16.9 Å². The van der Waals surface area contributed by atoms with E-state index in [4.69, 9.17) is 9.84 Å². The molecule has 7 heteroatoms. The number of carboxylic acid groups (broad SMARTS) is 1. The molecule has 0 aliphatic heterocycles. The number of hydrogen-bond acceptors (Lipinski definition) is 3. The van der Waals surface area contributed by atoms with E-state index in [0.717, 1.165) is 0 Å². The highest BCUT2D eigenvalue weighted by atomic mass is 19.3. The zero-order valence-corrected chi connectivity index (χ0v) is 8.72. The van der Waals surface area contributed by atoms with Crippen molar-refractivity contribution in [2.45, 2.75) is 6.55 Å². The predicted octanol–water partition coefficient (Wildman–Crippen LogP) is 2.14. The van der Waals surface area contributed by atoms with Crippen LogP contribution in [0.4, 0.5) is 8.78 Å². The van der Waals surface area contributed by atoms with E-state index in [0.29, 0.717) is 4.68 Å². The highest BCUT2D eigenvalue weighted by Crippen LogP contribution is 2.30. The monoisotopic (exact) mass is 242 g/mol. The number of fused-ring (bicyclic) bond motifs is 1. The van der Waals surface area contributed by atoms with Crippen LogP contribution in [0, 0.1) is 0 Å². The van der Waals surface area contributed by atoms with Gasteiger partial charge in [-0.05, 0) is 18.2 Å². The molecule has 0 fully saturated rings. The highest BCUT2D eigenvalue weighted by molar-refractivity contribution is 5.95. The summed E-state index contributed by atoms with van der Waals surface area (Å²) >= 11 is 0. The molecule has 1 aromatic heterocycles. The number of alkyl halides is 2. The summed E-state index contributed by atoms with van der Waals surface area (Å²) in [6.45, 7) is -2.84. The zero-order valence-electron chi connectivity index (χ0n) is 8.72. The molecule has 0 radical (unpaired) electrons. The van der Waals surface area contributed by atoms with Crippen molar-refractivity contribution >= 4 is 16.9 Å². The summed E-state index contributed by atoms with van der Waals surface area (Å²) in [6.07, 6.45) is 0. The Balaban J connectivity index is 2.71. The van der Waals surface area contributed by atoms with Crippen LogP contribution in [0.3, 0.4) is 0 Å². The number of rotatable bonds is 3. The van der Waals surface area contributed by atoms with Crippen LogP contribution in [-0.2, 0) is 0 Å². The van der Waals surface area contributed by atoms with Gasteiger partial charge in [0.1, 0.15) is 0 Å². The fourth-order valence-electron chi connectivity index (χ4n) is 1.55. The van der Waals surface area contributed by atoms with Crippen molar-refractivity contribution in [2.24, 2.45) is 0 Å². The highest BCUT2D eigenvalue weighted by Gasteiger charge is 2.19. The Morgan fingerprint density at radius 1 is 1.53 bits per heavy atom. The summed E-state index contributed by atoms with van der Waals surface area (Å²) in [4.78, 5) is 10.8. The van der Waals surface area contributed by atoms with Crippen molar-refractivity contribution in [3.05, 3.63) is 23.8 Å². The van der Waals surface area contributed by atoms with Gasteiger partial charge in [0.05, 0.1) is 23.6 Å². The number of aromatic nitrogens is 2.